The Kier molecular flexibility index (Phi) is 5.44. The van der Waals surface area contributed by atoms with Gasteiger partial charge in [0.1, 0.15) is 0 Å². The molecule has 0 aliphatic carbocycles. The van der Waals surface area contributed by atoms with Crippen molar-refractivity contribution in [2.75, 3.05) is 33.4 Å². The fourth-order valence-corrected chi connectivity index (χ4v) is 3.39. The largest absolute Gasteiger partial charge is 0.380 e. The highest BCUT2D eigenvalue weighted by Crippen LogP contribution is 2.19. The molecule has 1 aliphatic heterocycles. The molecule has 0 aromatic carbocycles. The molecule has 3 nitrogen and oxygen atoms in total. The maximum atomic E-state index is 5.39. The molecule has 17 heavy (non-hydrogen) atoms. The van der Waals surface area contributed by atoms with Crippen molar-refractivity contribution in [2.24, 2.45) is 0 Å². The number of rotatable bonds is 6. The summed E-state index contributed by atoms with van der Waals surface area (Å²) in [6.07, 6.45) is 1.17. The number of nitrogens with one attached hydrogen (secondary N) is 1. The van der Waals surface area contributed by atoms with Gasteiger partial charge in [0.25, 0.3) is 0 Å². The molecule has 1 saturated heterocycles. The van der Waals surface area contributed by atoms with Gasteiger partial charge in [0.05, 0.1) is 6.61 Å². The first kappa shape index (κ1) is 13.5. The van der Waals surface area contributed by atoms with Gasteiger partial charge in [-0.25, -0.2) is 0 Å². The van der Waals surface area contributed by atoms with E-state index < -0.39 is 0 Å². The van der Waals surface area contributed by atoms with Gasteiger partial charge in [-0.2, -0.15) is 0 Å². The van der Waals surface area contributed by atoms with Crippen molar-refractivity contribution in [1.29, 1.82) is 0 Å². The summed E-state index contributed by atoms with van der Waals surface area (Å²) in [5.41, 5.74) is 0. The van der Waals surface area contributed by atoms with E-state index in [1.165, 1.54) is 15.8 Å². The number of hydrogen-bond donors (Lipinski definition) is 1. The summed E-state index contributed by atoms with van der Waals surface area (Å²) in [6, 6.07) is 2.79. The molecule has 0 radical (unpaired) electrons. The Hall–Kier alpha value is 0.0600. The van der Waals surface area contributed by atoms with Crippen molar-refractivity contribution in [3.05, 3.63) is 20.8 Å². The lowest BCUT2D eigenvalue weighted by Crippen LogP contribution is -2.37. The van der Waals surface area contributed by atoms with Crippen molar-refractivity contribution in [3.8, 4) is 0 Å². The fourth-order valence-electron chi connectivity index (χ4n) is 1.97. The SMILES string of the molecule is CN(CCNCc1cc(Br)cs1)C1CCOC1. The van der Waals surface area contributed by atoms with E-state index in [-0.39, 0.29) is 0 Å². The van der Waals surface area contributed by atoms with Crippen LogP contribution in [-0.2, 0) is 11.3 Å². The van der Waals surface area contributed by atoms with Crippen molar-refractivity contribution in [2.45, 2.75) is 19.0 Å². The molecule has 0 spiro atoms. The Morgan fingerprint density at radius 2 is 2.53 bits per heavy atom. The highest BCUT2D eigenvalue weighted by Gasteiger charge is 2.19. The number of nitrogens with zero attached hydrogens (tertiary/aromatic N) is 1. The fraction of sp³-hybridized carbons (Fsp3) is 0.667. The van der Waals surface area contributed by atoms with E-state index in [1.807, 2.05) is 0 Å². The van der Waals surface area contributed by atoms with E-state index in [4.69, 9.17) is 4.74 Å². The van der Waals surface area contributed by atoms with Gasteiger partial charge in [-0.3, -0.25) is 4.90 Å². The van der Waals surface area contributed by atoms with E-state index in [1.54, 1.807) is 11.3 Å². The number of hydrogen-bond acceptors (Lipinski definition) is 4. The van der Waals surface area contributed by atoms with Gasteiger partial charge in [0.15, 0.2) is 0 Å². The van der Waals surface area contributed by atoms with E-state index in [9.17, 15) is 0 Å². The molecule has 2 rings (SSSR count). The third kappa shape index (κ3) is 4.34. The van der Waals surface area contributed by atoms with Crippen LogP contribution in [-0.4, -0.2) is 44.3 Å². The molecule has 1 aromatic rings. The summed E-state index contributed by atoms with van der Waals surface area (Å²) in [7, 11) is 2.18. The normalized spacial score (nSPS) is 20.3. The smallest absolute Gasteiger partial charge is 0.0622 e. The Bertz CT molecular complexity index is 339. The molecule has 96 valence electrons. The summed E-state index contributed by atoms with van der Waals surface area (Å²) < 4.78 is 6.57. The second kappa shape index (κ2) is 6.85. The third-order valence-electron chi connectivity index (χ3n) is 3.09. The zero-order chi connectivity index (χ0) is 12.1. The summed E-state index contributed by atoms with van der Waals surface area (Å²) in [5.74, 6) is 0. The molecule has 1 aromatic heterocycles. The number of ether oxygens (including phenoxy) is 1. The van der Waals surface area contributed by atoms with Crippen molar-refractivity contribution in [3.63, 3.8) is 0 Å². The molecule has 0 saturated carbocycles. The first-order chi connectivity index (χ1) is 8.25. The minimum atomic E-state index is 0.618. The topological polar surface area (TPSA) is 24.5 Å². The Morgan fingerprint density at radius 1 is 1.65 bits per heavy atom. The lowest BCUT2D eigenvalue weighted by molar-refractivity contribution is 0.159. The van der Waals surface area contributed by atoms with Crippen LogP contribution < -0.4 is 5.32 Å². The molecular weight excluding hydrogens is 300 g/mol. The molecule has 1 N–H and O–H groups in total. The van der Waals surface area contributed by atoms with Gasteiger partial charge in [-0.15, -0.1) is 11.3 Å². The van der Waals surface area contributed by atoms with E-state index in [0.29, 0.717) is 6.04 Å². The summed E-state index contributed by atoms with van der Waals surface area (Å²) in [6.45, 7) is 4.90. The van der Waals surface area contributed by atoms with Gasteiger partial charge < -0.3 is 10.1 Å². The number of halogens is 1. The maximum Gasteiger partial charge on any atom is 0.0622 e. The summed E-state index contributed by atoms with van der Waals surface area (Å²) >= 11 is 5.26. The average Bonchev–Trinajstić information content (AvgIpc) is 2.95. The van der Waals surface area contributed by atoms with Gasteiger partial charge in [-0.05, 0) is 35.5 Å². The van der Waals surface area contributed by atoms with Crippen LogP contribution in [0.5, 0.6) is 0 Å². The zero-order valence-electron chi connectivity index (χ0n) is 10.1. The van der Waals surface area contributed by atoms with E-state index >= 15 is 0 Å². The summed E-state index contributed by atoms with van der Waals surface area (Å²) in [4.78, 5) is 3.77. The zero-order valence-corrected chi connectivity index (χ0v) is 12.5. The summed E-state index contributed by atoms with van der Waals surface area (Å²) in [5, 5.41) is 5.60. The lowest BCUT2D eigenvalue weighted by atomic mass is 10.2. The van der Waals surface area contributed by atoms with Crippen molar-refractivity contribution < 1.29 is 4.74 Å². The minimum absolute atomic E-state index is 0.618. The number of thiophene rings is 1. The van der Waals surface area contributed by atoms with Gasteiger partial charge in [-0.1, -0.05) is 0 Å². The van der Waals surface area contributed by atoms with Crippen LogP contribution in [0.25, 0.3) is 0 Å². The van der Waals surface area contributed by atoms with Crippen molar-refractivity contribution >= 4 is 27.3 Å². The molecule has 1 fully saturated rings. The first-order valence-corrected chi connectivity index (χ1v) is 7.64. The molecule has 1 atom stereocenters. The highest BCUT2D eigenvalue weighted by atomic mass is 79.9. The van der Waals surface area contributed by atoms with Crippen LogP contribution in [0.3, 0.4) is 0 Å². The third-order valence-corrected chi connectivity index (χ3v) is 4.79. The van der Waals surface area contributed by atoms with Crippen LogP contribution >= 0.6 is 27.3 Å². The molecule has 1 unspecified atom stereocenters. The quantitative estimate of drug-likeness (QED) is 0.815. The molecule has 5 heteroatoms. The number of likely N-dealkylation sites (N-methyl/N-ethyl adjacent to an activating group) is 1. The monoisotopic (exact) mass is 318 g/mol. The Labute approximate surface area is 115 Å². The van der Waals surface area contributed by atoms with Crippen LogP contribution in [0, 0.1) is 0 Å². The predicted molar refractivity (Wildman–Crippen MR) is 75.6 cm³/mol. The maximum absolute atomic E-state index is 5.39. The minimum Gasteiger partial charge on any atom is -0.380 e. The predicted octanol–water partition coefficient (Wildman–Crippen LogP) is 2.32. The Morgan fingerprint density at radius 3 is 3.18 bits per heavy atom. The second-order valence-corrected chi connectivity index (χ2v) is 6.32. The lowest BCUT2D eigenvalue weighted by Gasteiger charge is -2.22. The van der Waals surface area contributed by atoms with Crippen LogP contribution in [0.15, 0.2) is 15.9 Å². The molecule has 0 amide bonds. The van der Waals surface area contributed by atoms with Gasteiger partial charge in [0, 0.05) is 47.0 Å². The first-order valence-electron chi connectivity index (χ1n) is 5.97. The van der Waals surface area contributed by atoms with Crippen LogP contribution in [0.1, 0.15) is 11.3 Å². The molecule has 2 heterocycles. The molecule has 1 aliphatic rings. The Balaban J connectivity index is 1.59. The van der Waals surface area contributed by atoms with Crippen LogP contribution in [0.2, 0.25) is 0 Å². The standard InChI is InChI=1S/C12H19BrN2OS/c1-15(11-2-5-16-8-11)4-3-14-7-12-6-10(13)9-17-12/h6,9,11,14H,2-5,7-8H2,1H3. The molecule has 0 bridgehead atoms. The van der Waals surface area contributed by atoms with E-state index in [0.717, 1.165) is 32.8 Å². The van der Waals surface area contributed by atoms with Crippen molar-refractivity contribution in [1.82, 2.24) is 10.2 Å². The van der Waals surface area contributed by atoms with E-state index in [2.05, 4.69) is 44.6 Å². The van der Waals surface area contributed by atoms with Gasteiger partial charge in [0.2, 0.25) is 0 Å². The average molecular weight is 319 g/mol. The van der Waals surface area contributed by atoms with Crippen LogP contribution in [0.4, 0.5) is 0 Å². The van der Waals surface area contributed by atoms with Gasteiger partial charge >= 0.3 is 0 Å². The highest BCUT2D eigenvalue weighted by molar-refractivity contribution is 9.10. The molecular formula is C12H19BrN2OS. The second-order valence-electron chi connectivity index (χ2n) is 4.41.